The zero-order valence-corrected chi connectivity index (χ0v) is 12.6. The average Bonchev–Trinajstić information content (AvgIpc) is 2.37. The van der Waals surface area contributed by atoms with E-state index in [1.807, 2.05) is 0 Å². The molecule has 0 spiro atoms. The van der Waals surface area contributed by atoms with E-state index in [1.165, 1.54) is 24.5 Å². The molecule has 0 saturated heterocycles. The second-order valence-corrected chi connectivity index (χ2v) is 7.75. The molecule has 1 aliphatic carbocycles. The molecule has 2 amide bonds. The van der Waals surface area contributed by atoms with Crippen molar-refractivity contribution in [2.24, 2.45) is 0 Å². The molecule has 2 N–H and O–H groups in total. The molecule has 1 fully saturated rings. The first-order valence-corrected chi connectivity index (χ1v) is 8.82. The Labute approximate surface area is 123 Å². The monoisotopic (exact) mass is 314 g/mol. The summed E-state index contributed by atoms with van der Waals surface area (Å²) in [5, 5.41) is 4.90. The average molecular weight is 314 g/mol. The summed E-state index contributed by atoms with van der Waals surface area (Å²) in [5.74, 6) is -0.428. The zero-order chi connectivity index (χ0) is 15.5. The summed E-state index contributed by atoms with van der Waals surface area (Å²) in [5.41, 5.74) is 0.364. The quantitative estimate of drug-likeness (QED) is 0.899. The SMILES string of the molecule is CS(=O)(=O)C1CCCC(NC(=O)Nc2cccc(F)c2)C1. The minimum atomic E-state index is -3.08. The third-order valence-electron chi connectivity index (χ3n) is 3.65. The van der Waals surface area contributed by atoms with Gasteiger partial charge in [0.05, 0.1) is 5.25 Å². The highest BCUT2D eigenvalue weighted by Gasteiger charge is 2.29. The molecule has 0 aromatic heterocycles. The number of rotatable bonds is 3. The van der Waals surface area contributed by atoms with Crippen LogP contribution in [0.5, 0.6) is 0 Å². The Hall–Kier alpha value is -1.63. The van der Waals surface area contributed by atoms with Crippen LogP contribution in [0, 0.1) is 5.82 Å². The van der Waals surface area contributed by atoms with Crippen molar-refractivity contribution in [3.63, 3.8) is 0 Å². The first kappa shape index (κ1) is 15.8. The van der Waals surface area contributed by atoms with Crippen molar-refractivity contribution in [2.45, 2.75) is 37.0 Å². The van der Waals surface area contributed by atoms with Crippen molar-refractivity contribution < 1.29 is 17.6 Å². The zero-order valence-electron chi connectivity index (χ0n) is 11.8. The number of anilines is 1. The lowest BCUT2D eigenvalue weighted by atomic mass is 9.95. The molecule has 1 aliphatic rings. The van der Waals surface area contributed by atoms with E-state index in [9.17, 15) is 17.6 Å². The maximum absolute atomic E-state index is 13.0. The Morgan fingerprint density at radius 2 is 2.10 bits per heavy atom. The van der Waals surface area contributed by atoms with Crippen LogP contribution in [0.1, 0.15) is 25.7 Å². The Morgan fingerprint density at radius 3 is 2.76 bits per heavy atom. The van der Waals surface area contributed by atoms with Crippen molar-refractivity contribution in [2.75, 3.05) is 11.6 Å². The van der Waals surface area contributed by atoms with Gasteiger partial charge in [-0.15, -0.1) is 0 Å². The van der Waals surface area contributed by atoms with Crippen LogP contribution in [0.3, 0.4) is 0 Å². The van der Waals surface area contributed by atoms with Crippen LogP contribution in [-0.2, 0) is 9.84 Å². The summed E-state index contributed by atoms with van der Waals surface area (Å²) in [7, 11) is -3.08. The fourth-order valence-corrected chi connectivity index (χ4v) is 3.76. The van der Waals surface area contributed by atoms with Gasteiger partial charge in [-0.1, -0.05) is 12.5 Å². The van der Waals surface area contributed by atoms with Gasteiger partial charge in [0.2, 0.25) is 0 Å². The second-order valence-electron chi connectivity index (χ2n) is 5.42. The standard InChI is InChI=1S/C14H19FN2O3S/c1-21(19,20)13-7-3-6-12(9-13)17-14(18)16-11-5-2-4-10(15)8-11/h2,4-5,8,12-13H,3,6-7,9H2,1H3,(H2,16,17,18). The molecule has 7 heteroatoms. The number of sulfone groups is 1. The summed E-state index contributed by atoms with van der Waals surface area (Å²) in [6.07, 6.45) is 3.82. The maximum Gasteiger partial charge on any atom is 0.319 e. The van der Waals surface area contributed by atoms with E-state index in [4.69, 9.17) is 0 Å². The molecule has 5 nitrogen and oxygen atoms in total. The molecule has 2 atom stereocenters. The number of benzene rings is 1. The number of amides is 2. The molecule has 1 saturated carbocycles. The first-order chi connectivity index (χ1) is 9.84. The molecule has 0 radical (unpaired) electrons. The fraction of sp³-hybridized carbons (Fsp3) is 0.500. The molecule has 1 aromatic rings. The van der Waals surface area contributed by atoms with Gasteiger partial charge in [0, 0.05) is 18.0 Å². The topological polar surface area (TPSA) is 75.3 Å². The van der Waals surface area contributed by atoms with Crippen molar-refractivity contribution >= 4 is 21.6 Å². The van der Waals surface area contributed by atoms with E-state index in [1.54, 1.807) is 6.07 Å². The van der Waals surface area contributed by atoms with Gasteiger partial charge in [-0.2, -0.15) is 0 Å². The van der Waals surface area contributed by atoms with Gasteiger partial charge in [0.15, 0.2) is 0 Å². The summed E-state index contributed by atoms with van der Waals surface area (Å²) >= 11 is 0. The molecule has 2 unspecified atom stereocenters. The number of urea groups is 1. The summed E-state index contributed by atoms with van der Waals surface area (Å²) in [6, 6.07) is 4.99. The van der Waals surface area contributed by atoms with Gasteiger partial charge in [-0.3, -0.25) is 0 Å². The Bertz CT molecular complexity index is 618. The van der Waals surface area contributed by atoms with Gasteiger partial charge in [-0.05, 0) is 37.5 Å². The van der Waals surface area contributed by atoms with Gasteiger partial charge in [-0.25, -0.2) is 17.6 Å². The molecular formula is C14H19FN2O3S. The summed E-state index contributed by atoms with van der Waals surface area (Å²) < 4.78 is 36.2. The normalized spacial score (nSPS) is 22.6. The van der Waals surface area contributed by atoms with E-state index in [-0.39, 0.29) is 6.04 Å². The summed E-state index contributed by atoms with van der Waals surface area (Å²) in [4.78, 5) is 11.9. The van der Waals surface area contributed by atoms with Gasteiger partial charge in [0.1, 0.15) is 15.7 Å². The van der Waals surface area contributed by atoms with Crippen LogP contribution in [0.4, 0.5) is 14.9 Å². The lowest BCUT2D eigenvalue weighted by Gasteiger charge is -2.28. The van der Waals surface area contributed by atoms with E-state index in [2.05, 4.69) is 10.6 Å². The van der Waals surface area contributed by atoms with Crippen LogP contribution in [0.2, 0.25) is 0 Å². The van der Waals surface area contributed by atoms with Gasteiger partial charge >= 0.3 is 6.03 Å². The lowest BCUT2D eigenvalue weighted by Crippen LogP contribution is -2.43. The van der Waals surface area contributed by atoms with Crippen LogP contribution >= 0.6 is 0 Å². The third-order valence-corrected chi connectivity index (χ3v) is 5.29. The van der Waals surface area contributed by atoms with Crippen molar-refractivity contribution in [3.05, 3.63) is 30.1 Å². The predicted molar refractivity (Wildman–Crippen MR) is 79.4 cm³/mol. The largest absolute Gasteiger partial charge is 0.335 e. The fourth-order valence-electron chi connectivity index (χ4n) is 2.58. The predicted octanol–water partition coefficient (Wildman–Crippen LogP) is 2.30. The molecule has 0 heterocycles. The molecule has 0 bridgehead atoms. The summed E-state index contributed by atoms with van der Waals surface area (Å²) in [6.45, 7) is 0. The Balaban J connectivity index is 1.90. The number of carbonyl (C=O) groups excluding carboxylic acids is 1. The molecule has 2 rings (SSSR count). The molecule has 1 aromatic carbocycles. The molecule has 0 aliphatic heterocycles. The maximum atomic E-state index is 13.0. The highest BCUT2D eigenvalue weighted by Crippen LogP contribution is 2.24. The highest BCUT2D eigenvalue weighted by molar-refractivity contribution is 7.91. The van der Waals surface area contributed by atoms with Crippen molar-refractivity contribution in [1.29, 1.82) is 0 Å². The van der Waals surface area contributed by atoms with Crippen LogP contribution in [0.15, 0.2) is 24.3 Å². The molecule has 21 heavy (non-hydrogen) atoms. The lowest BCUT2D eigenvalue weighted by molar-refractivity contribution is 0.244. The second kappa shape index (κ2) is 6.43. The van der Waals surface area contributed by atoms with Crippen LogP contribution < -0.4 is 10.6 Å². The Morgan fingerprint density at radius 1 is 1.33 bits per heavy atom. The number of nitrogens with one attached hydrogen (secondary N) is 2. The van der Waals surface area contributed by atoms with Crippen LogP contribution in [-0.4, -0.2) is 32.0 Å². The van der Waals surface area contributed by atoms with Gasteiger partial charge < -0.3 is 10.6 Å². The van der Waals surface area contributed by atoms with Crippen molar-refractivity contribution in [1.82, 2.24) is 5.32 Å². The van der Waals surface area contributed by atoms with E-state index >= 15 is 0 Å². The number of hydrogen-bond acceptors (Lipinski definition) is 3. The number of carbonyl (C=O) groups is 1. The van der Waals surface area contributed by atoms with E-state index < -0.39 is 26.9 Å². The smallest absolute Gasteiger partial charge is 0.319 e. The molecular weight excluding hydrogens is 295 g/mol. The first-order valence-electron chi connectivity index (χ1n) is 6.86. The minimum Gasteiger partial charge on any atom is -0.335 e. The van der Waals surface area contributed by atoms with Crippen molar-refractivity contribution in [3.8, 4) is 0 Å². The third kappa shape index (κ3) is 4.70. The van der Waals surface area contributed by atoms with E-state index in [0.29, 0.717) is 18.5 Å². The number of hydrogen-bond donors (Lipinski definition) is 2. The van der Waals surface area contributed by atoms with Gasteiger partial charge in [0.25, 0.3) is 0 Å². The number of halogens is 1. The minimum absolute atomic E-state index is 0.174. The van der Waals surface area contributed by atoms with E-state index in [0.717, 1.165) is 12.8 Å². The molecule has 116 valence electrons. The Kier molecular flexibility index (Phi) is 4.82. The van der Waals surface area contributed by atoms with Crippen LogP contribution in [0.25, 0.3) is 0 Å². The highest BCUT2D eigenvalue weighted by atomic mass is 32.2.